The number of ether oxygens (including phenoxy) is 3. The Kier molecular flexibility index (Phi) is 4.43. The van der Waals surface area contributed by atoms with Crippen LogP contribution in [0, 0.1) is 0 Å². The highest BCUT2D eigenvalue weighted by molar-refractivity contribution is 5.94. The largest absolute Gasteiger partial charge is 0.481 e. The van der Waals surface area contributed by atoms with Crippen molar-refractivity contribution >= 4 is 11.6 Å². The van der Waals surface area contributed by atoms with Crippen LogP contribution >= 0.6 is 0 Å². The molecule has 1 heterocycles. The van der Waals surface area contributed by atoms with Gasteiger partial charge in [-0.1, -0.05) is 0 Å². The van der Waals surface area contributed by atoms with Gasteiger partial charge in [0.2, 0.25) is 6.79 Å². The summed E-state index contributed by atoms with van der Waals surface area (Å²) in [5, 5.41) is 2.51. The molecular formula is C17H14F3NO4. The number of hydrogen-bond acceptors (Lipinski definition) is 4. The number of nitrogens with one attached hydrogen (secondary N) is 1. The zero-order chi connectivity index (χ0) is 18.0. The highest BCUT2D eigenvalue weighted by Crippen LogP contribution is 2.35. The molecule has 0 bridgehead atoms. The van der Waals surface area contributed by atoms with Crippen LogP contribution in [0.3, 0.4) is 0 Å². The standard InChI is InChI=1S/C17H14F3NO4/c1-10(25-13-6-7-14-15(8-13)24-9-23-14)16(22)21-12-4-2-11(3-5-12)17(18,19)20/h2-8,10H,9H2,1H3,(H,21,22)/t10-/m0/s1. The van der Waals surface area contributed by atoms with Crippen molar-refractivity contribution in [3.05, 3.63) is 48.0 Å². The van der Waals surface area contributed by atoms with Gasteiger partial charge in [0.25, 0.3) is 5.91 Å². The Labute approximate surface area is 141 Å². The number of carbonyl (C=O) groups is 1. The summed E-state index contributed by atoms with van der Waals surface area (Å²) >= 11 is 0. The molecule has 132 valence electrons. The number of hydrogen-bond donors (Lipinski definition) is 1. The van der Waals surface area contributed by atoms with E-state index in [1.54, 1.807) is 18.2 Å². The molecule has 1 N–H and O–H groups in total. The van der Waals surface area contributed by atoms with Crippen molar-refractivity contribution < 1.29 is 32.2 Å². The first-order chi connectivity index (χ1) is 11.8. The van der Waals surface area contributed by atoms with Crippen LogP contribution in [-0.4, -0.2) is 18.8 Å². The quantitative estimate of drug-likeness (QED) is 0.907. The average Bonchev–Trinajstić information content (AvgIpc) is 3.02. The monoisotopic (exact) mass is 353 g/mol. The second-order valence-corrected chi connectivity index (χ2v) is 5.34. The van der Waals surface area contributed by atoms with Crippen LogP contribution in [-0.2, 0) is 11.0 Å². The summed E-state index contributed by atoms with van der Waals surface area (Å²) in [6, 6.07) is 9.08. The van der Waals surface area contributed by atoms with E-state index in [1.807, 2.05) is 0 Å². The van der Waals surface area contributed by atoms with Crippen molar-refractivity contribution in [1.82, 2.24) is 0 Å². The van der Waals surface area contributed by atoms with E-state index < -0.39 is 23.8 Å². The van der Waals surface area contributed by atoms with Gasteiger partial charge in [-0.15, -0.1) is 0 Å². The Morgan fingerprint density at radius 1 is 1.12 bits per heavy atom. The maximum Gasteiger partial charge on any atom is 0.416 e. The van der Waals surface area contributed by atoms with E-state index in [0.29, 0.717) is 17.2 Å². The van der Waals surface area contributed by atoms with E-state index >= 15 is 0 Å². The average molecular weight is 353 g/mol. The highest BCUT2D eigenvalue weighted by Gasteiger charge is 2.30. The van der Waals surface area contributed by atoms with Gasteiger partial charge in [-0.05, 0) is 43.3 Å². The van der Waals surface area contributed by atoms with Crippen molar-refractivity contribution in [3.63, 3.8) is 0 Å². The molecule has 2 aromatic carbocycles. The summed E-state index contributed by atoms with van der Waals surface area (Å²) in [6.45, 7) is 1.66. The molecule has 1 aliphatic heterocycles. The molecule has 1 aliphatic rings. The molecule has 2 aromatic rings. The molecule has 0 radical (unpaired) electrons. The maximum atomic E-state index is 12.5. The topological polar surface area (TPSA) is 56.8 Å². The normalized spacial score (nSPS) is 14.1. The molecule has 0 unspecified atom stereocenters. The predicted molar refractivity (Wildman–Crippen MR) is 82.7 cm³/mol. The van der Waals surface area contributed by atoms with Gasteiger partial charge in [0.05, 0.1) is 5.56 Å². The van der Waals surface area contributed by atoms with Crippen LogP contribution in [0.1, 0.15) is 12.5 Å². The first-order valence-corrected chi connectivity index (χ1v) is 7.37. The lowest BCUT2D eigenvalue weighted by Crippen LogP contribution is -2.30. The van der Waals surface area contributed by atoms with E-state index in [-0.39, 0.29) is 12.5 Å². The second-order valence-electron chi connectivity index (χ2n) is 5.34. The van der Waals surface area contributed by atoms with Crippen LogP contribution in [0.4, 0.5) is 18.9 Å². The molecule has 25 heavy (non-hydrogen) atoms. The molecular weight excluding hydrogens is 339 g/mol. The fraction of sp³-hybridized carbons (Fsp3) is 0.235. The minimum absolute atomic E-state index is 0.128. The summed E-state index contributed by atoms with van der Waals surface area (Å²) in [5.74, 6) is 1.04. The van der Waals surface area contributed by atoms with Gasteiger partial charge in [-0.25, -0.2) is 0 Å². The van der Waals surface area contributed by atoms with Crippen molar-refractivity contribution in [3.8, 4) is 17.2 Å². The Morgan fingerprint density at radius 3 is 2.48 bits per heavy atom. The van der Waals surface area contributed by atoms with Gasteiger partial charge in [0, 0.05) is 11.8 Å². The maximum absolute atomic E-state index is 12.5. The zero-order valence-corrected chi connectivity index (χ0v) is 13.1. The summed E-state index contributed by atoms with van der Waals surface area (Å²) < 4.78 is 53.5. The molecule has 0 aliphatic carbocycles. The lowest BCUT2D eigenvalue weighted by molar-refractivity contribution is -0.137. The number of fused-ring (bicyclic) bond motifs is 1. The van der Waals surface area contributed by atoms with Gasteiger partial charge in [0.1, 0.15) is 5.75 Å². The van der Waals surface area contributed by atoms with Crippen molar-refractivity contribution in [2.24, 2.45) is 0 Å². The third-order valence-corrected chi connectivity index (χ3v) is 3.51. The van der Waals surface area contributed by atoms with Crippen LogP contribution in [0.2, 0.25) is 0 Å². The molecule has 8 heteroatoms. The van der Waals surface area contributed by atoms with E-state index in [0.717, 1.165) is 12.1 Å². The fourth-order valence-electron chi connectivity index (χ4n) is 2.19. The molecule has 0 fully saturated rings. The number of amides is 1. The third-order valence-electron chi connectivity index (χ3n) is 3.51. The van der Waals surface area contributed by atoms with Gasteiger partial charge in [0.15, 0.2) is 17.6 Å². The number of alkyl halides is 3. The van der Waals surface area contributed by atoms with E-state index in [9.17, 15) is 18.0 Å². The lowest BCUT2D eigenvalue weighted by atomic mass is 10.2. The Morgan fingerprint density at radius 2 is 1.80 bits per heavy atom. The summed E-state index contributed by atoms with van der Waals surface area (Å²) in [5.41, 5.74) is -0.533. The molecule has 5 nitrogen and oxygen atoms in total. The summed E-state index contributed by atoms with van der Waals surface area (Å²) in [7, 11) is 0. The second kappa shape index (κ2) is 6.54. The number of halogens is 3. The van der Waals surface area contributed by atoms with Crippen LogP contribution < -0.4 is 19.5 Å². The van der Waals surface area contributed by atoms with Crippen molar-refractivity contribution in [2.75, 3.05) is 12.1 Å². The minimum Gasteiger partial charge on any atom is -0.481 e. The zero-order valence-electron chi connectivity index (χ0n) is 13.1. The Hall–Kier alpha value is -2.90. The van der Waals surface area contributed by atoms with Crippen LogP contribution in [0.5, 0.6) is 17.2 Å². The fourth-order valence-corrected chi connectivity index (χ4v) is 2.19. The third kappa shape index (κ3) is 3.96. The van der Waals surface area contributed by atoms with Gasteiger partial charge in [-0.3, -0.25) is 4.79 Å². The van der Waals surface area contributed by atoms with Crippen molar-refractivity contribution in [1.29, 1.82) is 0 Å². The number of anilines is 1. The molecule has 1 atom stereocenters. The molecule has 3 rings (SSSR count). The Bertz CT molecular complexity index is 774. The SMILES string of the molecule is C[C@H](Oc1ccc2c(c1)OCO2)C(=O)Nc1ccc(C(F)(F)F)cc1. The lowest BCUT2D eigenvalue weighted by Gasteiger charge is -2.15. The van der Waals surface area contributed by atoms with E-state index in [1.165, 1.54) is 19.1 Å². The predicted octanol–water partition coefficient (Wildman–Crippen LogP) is 3.84. The van der Waals surface area contributed by atoms with Gasteiger partial charge >= 0.3 is 6.18 Å². The first kappa shape index (κ1) is 16.9. The van der Waals surface area contributed by atoms with Crippen LogP contribution in [0.25, 0.3) is 0 Å². The highest BCUT2D eigenvalue weighted by atomic mass is 19.4. The van der Waals surface area contributed by atoms with Gasteiger partial charge in [-0.2, -0.15) is 13.2 Å². The van der Waals surface area contributed by atoms with Crippen LogP contribution in [0.15, 0.2) is 42.5 Å². The smallest absolute Gasteiger partial charge is 0.416 e. The molecule has 0 saturated heterocycles. The van der Waals surface area contributed by atoms with E-state index in [2.05, 4.69) is 5.32 Å². The van der Waals surface area contributed by atoms with E-state index in [4.69, 9.17) is 14.2 Å². The Balaban J connectivity index is 1.61. The summed E-state index contributed by atoms with van der Waals surface area (Å²) in [4.78, 5) is 12.1. The number of benzene rings is 2. The molecule has 0 spiro atoms. The van der Waals surface area contributed by atoms with Gasteiger partial charge < -0.3 is 19.5 Å². The first-order valence-electron chi connectivity index (χ1n) is 7.37. The molecule has 0 aromatic heterocycles. The van der Waals surface area contributed by atoms with Crippen molar-refractivity contribution in [2.45, 2.75) is 19.2 Å². The minimum atomic E-state index is -4.42. The summed E-state index contributed by atoms with van der Waals surface area (Å²) in [6.07, 6.45) is -5.28. The molecule has 1 amide bonds. The molecule has 0 saturated carbocycles. The number of rotatable bonds is 4. The number of carbonyl (C=O) groups excluding carboxylic acids is 1.